The standard InChI is InChI=1S/C23H24O2/c1-4-23(18-8-6-5-7-9-18,19-10-12-21(24)16(2)14-19)20-11-13-22(25)17(3)15-20/h5-15,24-25H,4H2,1-3H3. The lowest BCUT2D eigenvalue weighted by atomic mass is 9.67. The molecule has 0 amide bonds. The molecule has 3 aromatic rings. The van der Waals surface area contributed by atoms with Gasteiger partial charge >= 0.3 is 0 Å². The van der Waals surface area contributed by atoms with Gasteiger partial charge in [-0.2, -0.15) is 0 Å². The van der Waals surface area contributed by atoms with Crippen LogP contribution in [0.5, 0.6) is 11.5 Å². The lowest BCUT2D eigenvalue weighted by Crippen LogP contribution is -2.28. The smallest absolute Gasteiger partial charge is 0.118 e. The van der Waals surface area contributed by atoms with Gasteiger partial charge in [-0.25, -0.2) is 0 Å². The molecule has 0 saturated carbocycles. The Labute approximate surface area is 149 Å². The van der Waals surface area contributed by atoms with Gasteiger partial charge in [-0.1, -0.05) is 61.5 Å². The minimum absolute atomic E-state index is 0.309. The van der Waals surface area contributed by atoms with Crippen LogP contribution in [0.25, 0.3) is 0 Å². The maximum atomic E-state index is 9.97. The van der Waals surface area contributed by atoms with Gasteiger partial charge in [0.05, 0.1) is 0 Å². The Morgan fingerprint density at radius 2 is 1.16 bits per heavy atom. The number of benzene rings is 3. The van der Waals surface area contributed by atoms with Gasteiger partial charge in [-0.15, -0.1) is 0 Å². The maximum Gasteiger partial charge on any atom is 0.118 e. The molecular weight excluding hydrogens is 308 g/mol. The molecular formula is C23H24O2. The predicted octanol–water partition coefficient (Wildman–Crippen LogP) is 5.46. The molecule has 0 spiro atoms. The molecule has 0 aromatic heterocycles. The van der Waals surface area contributed by atoms with Crippen molar-refractivity contribution in [1.82, 2.24) is 0 Å². The molecule has 0 aliphatic rings. The Morgan fingerprint density at radius 1 is 0.680 bits per heavy atom. The number of hydrogen-bond donors (Lipinski definition) is 2. The topological polar surface area (TPSA) is 40.5 Å². The quantitative estimate of drug-likeness (QED) is 0.623. The Hall–Kier alpha value is -2.74. The molecule has 0 aliphatic carbocycles. The van der Waals surface area contributed by atoms with E-state index in [1.165, 1.54) is 5.56 Å². The fourth-order valence-corrected chi connectivity index (χ4v) is 3.68. The summed E-state index contributed by atoms with van der Waals surface area (Å²) < 4.78 is 0. The van der Waals surface area contributed by atoms with E-state index in [0.29, 0.717) is 11.5 Å². The number of hydrogen-bond acceptors (Lipinski definition) is 2. The summed E-state index contributed by atoms with van der Waals surface area (Å²) in [6, 6.07) is 22.1. The third-order valence-corrected chi connectivity index (χ3v) is 5.18. The predicted molar refractivity (Wildman–Crippen MR) is 102 cm³/mol. The van der Waals surface area contributed by atoms with E-state index in [0.717, 1.165) is 28.7 Å². The molecule has 0 atom stereocenters. The highest BCUT2D eigenvalue weighted by atomic mass is 16.3. The van der Waals surface area contributed by atoms with E-state index in [9.17, 15) is 10.2 Å². The molecule has 0 saturated heterocycles. The van der Waals surface area contributed by atoms with Gasteiger partial charge in [-0.05, 0) is 60.2 Å². The number of phenols is 2. The van der Waals surface area contributed by atoms with Crippen LogP contribution in [0.15, 0.2) is 66.7 Å². The first-order valence-electron chi connectivity index (χ1n) is 8.64. The third-order valence-electron chi connectivity index (χ3n) is 5.18. The van der Waals surface area contributed by atoms with Gasteiger partial charge in [0.2, 0.25) is 0 Å². The van der Waals surface area contributed by atoms with E-state index in [2.05, 4.69) is 43.3 Å². The van der Waals surface area contributed by atoms with Crippen LogP contribution in [0.4, 0.5) is 0 Å². The van der Waals surface area contributed by atoms with Gasteiger partial charge in [0.1, 0.15) is 11.5 Å². The van der Waals surface area contributed by atoms with Gasteiger partial charge < -0.3 is 10.2 Å². The highest BCUT2D eigenvalue weighted by Gasteiger charge is 2.35. The second-order valence-corrected chi connectivity index (χ2v) is 6.63. The summed E-state index contributed by atoms with van der Waals surface area (Å²) in [4.78, 5) is 0. The van der Waals surface area contributed by atoms with Gasteiger partial charge in [0, 0.05) is 5.41 Å². The second kappa shape index (κ2) is 6.64. The van der Waals surface area contributed by atoms with Crippen LogP contribution in [-0.4, -0.2) is 10.2 Å². The maximum absolute atomic E-state index is 9.97. The van der Waals surface area contributed by atoms with Crippen molar-refractivity contribution in [2.75, 3.05) is 0 Å². The normalized spacial score (nSPS) is 11.5. The first-order valence-corrected chi connectivity index (χ1v) is 8.64. The van der Waals surface area contributed by atoms with Crippen molar-refractivity contribution in [2.45, 2.75) is 32.6 Å². The number of phenolic OH excluding ortho intramolecular Hbond substituents is 2. The molecule has 0 heterocycles. The fraction of sp³-hybridized carbons (Fsp3) is 0.217. The van der Waals surface area contributed by atoms with Crippen molar-refractivity contribution in [3.63, 3.8) is 0 Å². The van der Waals surface area contributed by atoms with Gasteiger partial charge in [0.25, 0.3) is 0 Å². The van der Waals surface area contributed by atoms with E-state index >= 15 is 0 Å². The molecule has 2 heteroatoms. The molecule has 3 aromatic carbocycles. The van der Waals surface area contributed by atoms with Crippen LogP contribution in [0.3, 0.4) is 0 Å². The zero-order valence-corrected chi connectivity index (χ0v) is 15.0. The Balaban J connectivity index is 2.33. The molecule has 2 nitrogen and oxygen atoms in total. The van der Waals surface area contributed by atoms with E-state index < -0.39 is 0 Å². The van der Waals surface area contributed by atoms with Crippen molar-refractivity contribution >= 4 is 0 Å². The Morgan fingerprint density at radius 3 is 1.56 bits per heavy atom. The molecule has 0 radical (unpaired) electrons. The molecule has 25 heavy (non-hydrogen) atoms. The lowest BCUT2D eigenvalue weighted by molar-refractivity contribution is 0.469. The SMILES string of the molecule is CCC(c1ccccc1)(c1ccc(O)c(C)c1)c1ccc(O)c(C)c1. The van der Waals surface area contributed by atoms with Crippen molar-refractivity contribution in [1.29, 1.82) is 0 Å². The van der Waals surface area contributed by atoms with E-state index in [-0.39, 0.29) is 5.41 Å². The molecule has 3 rings (SSSR count). The van der Waals surface area contributed by atoms with E-state index in [1.807, 2.05) is 32.0 Å². The number of aromatic hydroxyl groups is 2. The first kappa shape index (κ1) is 17.1. The first-order chi connectivity index (χ1) is 12.0. The van der Waals surface area contributed by atoms with Crippen LogP contribution in [0.1, 0.15) is 41.2 Å². The van der Waals surface area contributed by atoms with Crippen molar-refractivity contribution < 1.29 is 10.2 Å². The summed E-state index contributed by atoms with van der Waals surface area (Å²) in [5, 5.41) is 19.9. The molecule has 2 N–H and O–H groups in total. The molecule has 0 fully saturated rings. The summed E-state index contributed by atoms with van der Waals surface area (Å²) in [5.41, 5.74) is 4.87. The third kappa shape index (κ3) is 2.89. The monoisotopic (exact) mass is 332 g/mol. The average molecular weight is 332 g/mol. The van der Waals surface area contributed by atoms with Crippen molar-refractivity contribution in [3.05, 3.63) is 94.5 Å². The molecule has 0 bridgehead atoms. The average Bonchev–Trinajstić information content (AvgIpc) is 2.63. The lowest BCUT2D eigenvalue weighted by Gasteiger charge is -2.35. The van der Waals surface area contributed by atoms with Gasteiger partial charge in [-0.3, -0.25) is 0 Å². The zero-order chi connectivity index (χ0) is 18.0. The van der Waals surface area contributed by atoms with Crippen molar-refractivity contribution in [2.24, 2.45) is 0 Å². The zero-order valence-electron chi connectivity index (χ0n) is 15.0. The molecule has 128 valence electrons. The highest BCUT2D eigenvalue weighted by Crippen LogP contribution is 2.44. The van der Waals surface area contributed by atoms with Crippen molar-refractivity contribution in [3.8, 4) is 11.5 Å². The van der Waals surface area contributed by atoms with Gasteiger partial charge in [0.15, 0.2) is 0 Å². The Kier molecular flexibility index (Phi) is 4.54. The minimum Gasteiger partial charge on any atom is -0.508 e. The molecule has 0 aliphatic heterocycles. The summed E-state index contributed by atoms with van der Waals surface area (Å²) in [7, 11) is 0. The van der Waals surface area contributed by atoms with E-state index in [4.69, 9.17) is 0 Å². The summed E-state index contributed by atoms with van der Waals surface area (Å²) in [5.74, 6) is 0.618. The largest absolute Gasteiger partial charge is 0.508 e. The van der Waals surface area contributed by atoms with Crippen LogP contribution in [0, 0.1) is 13.8 Å². The Bertz CT molecular complexity index is 830. The van der Waals surface area contributed by atoms with Crippen LogP contribution in [0.2, 0.25) is 0 Å². The van der Waals surface area contributed by atoms with Crippen LogP contribution in [-0.2, 0) is 5.41 Å². The van der Waals surface area contributed by atoms with Crippen LogP contribution < -0.4 is 0 Å². The minimum atomic E-state index is -0.335. The highest BCUT2D eigenvalue weighted by molar-refractivity contribution is 5.54. The summed E-state index contributed by atoms with van der Waals surface area (Å²) in [6.07, 6.45) is 0.867. The number of aryl methyl sites for hydroxylation is 2. The summed E-state index contributed by atoms with van der Waals surface area (Å²) in [6.45, 7) is 6.02. The number of rotatable bonds is 4. The van der Waals surface area contributed by atoms with Crippen LogP contribution >= 0.6 is 0 Å². The molecule has 0 unspecified atom stereocenters. The second-order valence-electron chi connectivity index (χ2n) is 6.63. The van der Waals surface area contributed by atoms with E-state index in [1.54, 1.807) is 12.1 Å². The summed E-state index contributed by atoms with van der Waals surface area (Å²) >= 11 is 0. The fourth-order valence-electron chi connectivity index (χ4n) is 3.68.